The summed E-state index contributed by atoms with van der Waals surface area (Å²) in [5, 5.41) is 10.1. The highest BCUT2D eigenvalue weighted by atomic mass is 16.5. The molecule has 0 aromatic rings. The topological polar surface area (TPSA) is 55.5 Å². The number of nitrogens with two attached hydrogens (primary N) is 1. The fraction of sp³-hybridized carbons (Fsp3) is 1.00. The molecule has 0 bridgehead atoms. The molecule has 13 heavy (non-hydrogen) atoms. The van der Waals surface area contributed by atoms with Crippen LogP contribution in [0.5, 0.6) is 0 Å². The van der Waals surface area contributed by atoms with Crippen molar-refractivity contribution in [2.75, 3.05) is 13.7 Å². The Morgan fingerprint density at radius 3 is 2.31 bits per heavy atom. The molecule has 3 N–H and O–H groups in total. The molecule has 0 aliphatic heterocycles. The molecule has 3 heteroatoms. The third-order valence-corrected chi connectivity index (χ3v) is 3.52. The molecule has 1 rings (SSSR count). The Morgan fingerprint density at radius 2 is 2.08 bits per heavy atom. The van der Waals surface area contributed by atoms with E-state index in [1.54, 1.807) is 7.11 Å². The summed E-state index contributed by atoms with van der Waals surface area (Å²) in [4.78, 5) is 0. The second kappa shape index (κ2) is 3.56. The van der Waals surface area contributed by atoms with Crippen molar-refractivity contribution in [1.29, 1.82) is 0 Å². The zero-order chi connectivity index (χ0) is 10.1. The van der Waals surface area contributed by atoms with Gasteiger partial charge in [0, 0.05) is 19.1 Å². The van der Waals surface area contributed by atoms with Gasteiger partial charge in [0.1, 0.15) is 0 Å². The van der Waals surface area contributed by atoms with E-state index in [0.29, 0.717) is 6.54 Å². The van der Waals surface area contributed by atoms with E-state index in [4.69, 9.17) is 10.5 Å². The van der Waals surface area contributed by atoms with Crippen LogP contribution >= 0.6 is 0 Å². The van der Waals surface area contributed by atoms with Gasteiger partial charge in [0.2, 0.25) is 0 Å². The largest absolute Gasteiger partial charge is 0.390 e. The lowest BCUT2D eigenvalue weighted by atomic mass is 9.62. The van der Waals surface area contributed by atoms with Crippen molar-refractivity contribution in [1.82, 2.24) is 0 Å². The molecule has 0 radical (unpaired) electrons. The molecule has 0 spiro atoms. The van der Waals surface area contributed by atoms with Crippen molar-refractivity contribution in [2.45, 2.75) is 44.8 Å². The predicted octanol–water partition coefficient (Wildman–Crippen LogP) is 0.901. The summed E-state index contributed by atoms with van der Waals surface area (Å²) in [6.45, 7) is 4.38. The minimum absolute atomic E-state index is 0.0838. The lowest BCUT2D eigenvalue weighted by molar-refractivity contribution is -0.153. The van der Waals surface area contributed by atoms with Gasteiger partial charge in [-0.15, -0.1) is 0 Å². The molecule has 0 aromatic heterocycles. The van der Waals surface area contributed by atoms with E-state index >= 15 is 0 Å². The molecule has 1 aliphatic rings. The Morgan fingerprint density at radius 1 is 1.54 bits per heavy atom. The van der Waals surface area contributed by atoms with Gasteiger partial charge in [0.25, 0.3) is 0 Å². The molecular formula is C10H21NO2. The van der Waals surface area contributed by atoms with Gasteiger partial charge in [-0.1, -0.05) is 6.42 Å². The minimum Gasteiger partial charge on any atom is -0.390 e. The number of aliphatic hydroxyl groups excluding tert-OH is 1. The van der Waals surface area contributed by atoms with Crippen molar-refractivity contribution >= 4 is 0 Å². The lowest BCUT2D eigenvalue weighted by Gasteiger charge is -2.49. The first-order chi connectivity index (χ1) is 5.98. The molecule has 0 heterocycles. The van der Waals surface area contributed by atoms with Crippen molar-refractivity contribution in [3.8, 4) is 0 Å². The van der Waals surface area contributed by atoms with Crippen LogP contribution in [0.4, 0.5) is 0 Å². The van der Waals surface area contributed by atoms with Crippen LogP contribution in [-0.4, -0.2) is 30.5 Å². The number of aliphatic hydroxyl groups is 1. The second-order valence-electron chi connectivity index (χ2n) is 4.63. The van der Waals surface area contributed by atoms with Gasteiger partial charge in [-0.3, -0.25) is 0 Å². The Hall–Kier alpha value is -0.120. The van der Waals surface area contributed by atoms with Crippen LogP contribution < -0.4 is 5.73 Å². The molecule has 1 saturated carbocycles. The zero-order valence-electron chi connectivity index (χ0n) is 8.84. The number of ether oxygens (including phenoxy) is 1. The highest BCUT2D eigenvalue weighted by Crippen LogP contribution is 2.46. The van der Waals surface area contributed by atoms with Crippen molar-refractivity contribution in [2.24, 2.45) is 11.1 Å². The van der Waals surface area contributed by atoms with Crippen molar-refractivity contribution in [3.63, 3.8) is 0 Å². The average molecular weight is 187 g/mol. The smallest absolute Gasteiger partial charge is 0.0892 e. The Bertz CT molecular complexity index is 170. The summed E-state index contributed by atoms with van der Waals surface area (Å²) in [6, 6.07) is 0. The molecule has 1 unspecified atom stereocenters. The van der Waals surface area contributed by atoms with Gasteiger partial charge in [-0.05, 0) is 26.7 Å². The van der Waals surface area contributed by atoms with Crippen molar-refractivity contribution in [3.05, 3.63) is 0 Å². The van der Waals surface area contributed by atoms with Gasteiger partial charge in [0.05, 0.1) is 11.7 Å². The number of hydrogen-bond acceptors (Lipinski definition) is 3. The standard InChI is InChI=1S/C10H21NO2/c1-9(2,13-3)8(12)10(7-11)5-4-6-10/h8,12H,4-7,11H2,1-3H3. The highest BCUT2D eigenvalue weighted by Gasteiger charge is 2.48. The predicted molar refractivity (Wildman–Crippen MR) is 52.4 cm³/mol. The van der Waals surface area contributed by atoms with Gasteiger partial charge in [-0.2, -0.15) is 0 Å². The summed E-state index contributed by atoms with van der Waals surface area (Å²) in [6.07, 6.45) is 2.77. The summed E-state index contributed by atoms with van der Waals surface area (Å²) in [5.74, 6) is 0. The number of hydrogen-bond donors (Lipinski definition) is 2. The van der Waals surface area contributed by atoms with E-state index in [1.165, 1.54) is 6.42 Å². The normalized spacial score (nSPS) is 23.8. The fourth-order valence-corrected chi connectivity index (χ4v) is 2.07. The molecule has 0 saturated heterocycles. The average Bonchev–Trinajstić information content (AvgIpc) is 2.03. The number of methoxy groups -OCH3 is 1. The van der Waals surface area contributed by atoms with E-state index in [-0.39, 0.29) is 5.41 Å². The molecule has 1 fully saturated rings. The third-order valence-electron chi connectivity index (χ3n) is 3.52. The Kier molecular flexibility index (Phi) is 3.00. The molecule has 1 atom stereocenters. The molecule has 3 nitrogen and oxygen atoms in total. The maximum Gasteiger partial charge on any atom is 0.0892 e. The SMILES string of the molecule is COC(C)(C)C(O)C1(CN)CCC1. The van der Waals surface area contributed by atoms with Crippen molar-refractivity contribution < 1.29 is 9.84 Å². The summed E-state index contributed by atoms with van der Waals surface area (Å²) < 4.78 is 5.28. The van der Waals surface area contributed by atoms with Crippen LogP contribution in [0.3, 0.4) is 0 Å². The maximum atomic E-state index is 10.1. The fourth-order valence-electron chi connectivity index (χ4n) is 2.07. The van der Waals surface area contributed by atoms with Crippen LogP contribution in [0.2, 0.25) is 0 Å². The Balaban J connectivity index is 2.69. The quantitative estimate of drug-likeness (QED) is 0.687. The van der Waals surface area contributed by atoms with E-state index in [9.17, 15) is 5.11 Å². The highest BCUT2D eigenvalue weighted by molar-refractivity contribution is 5.00. The van der Waals surface area contributed by atoms with Crippen LogP contribution in [0.25, 0.3) is 0 Å². The third kappa shape index (κ3) is 1.73. The zero-order valence-corrected chi connectivity index (χ0v) is 8.84. The van der Waals surface area contributed by atoms with Gasteiger partial charge in [-0.25, -0.2) is 0 Å². The second-order valence-corrected chi connectivity index (χ2v) is 4.63. The summed E-state index contributed by atoms with van der Waals surface area (Å²) in [5.41, 5.74) is 5.14. The van der Waals surface area contributed by atoms with E-state index in [1.807, 2.05) is 13.8 Å². The van der Waals surface area contributed by atoms with Gasteiger partial charge in [0.15, 0.2) is 0 Å². The molecule has 1 aliphatic carbocycles. The van der Waals surface area contributed by atoms with Crippen LogP contribution in [0.1, 0.15) is 33.1 Å². The first kappa shape index (κ1) is 11.0. The van der Waals surface area contributed by atoms with Gasteiger partial charge >= 0.3 is 0 Å². The van der Waals surface area contributed by atoms with Crippen LogP contribution in [0, 0.1) is 5.41 Å². The number of rotatable bonds is 4. The summed E-state index contributed by atoms with van der Waals surface area (Å²) >= 11 is 0. The Labute approximate surface area is 80.3 Å². The first-order valence-corrected chi connectivity index (χ1v) is 4.92. The molecule has 0 aromatic carbocycles. The molecule has 78 valence electrons. The van der Waals surface area contributed by atoms with E-state index in [2.05, 4.69) is 0 Å². The monoisotopic (exact) mass is 187 g/mol. The van der Waals surface area contributed by atoms with Crippen LogP contribution in [0.15, 0.2) is 0 Å². The van der Waals surface area contributed by atoms with E-state index < -0.39 is 11.7 Å². The van der Waals surface area contributed by atoms with Gasteiger partial charge < -0.3 is 15.6 Å². The van der Waals surface area contributed by atoms with Crippen LogP contribution in [-0.2, 0) is 4.74 Å². The molecular weight excluding hydrogens is 166 g/mol. The molecule has 0 amide bonds. The lowest BCUT2D eigenvalue weighted by Crippen LogP contribution is -2.56. The minimum atomic E-state index is -0.486. The summed E-state index contributed by atoms with van der Waals surface area (Å²) in [7, 11) is 1.63. The first-order valence-electron chi connectivity index (χ1n) is 4.92. The maximum absolute atomic E-state index is 10.1. The van der Waals surface area contributed by atoms with E-state index in [0.717, 1.165) is 12.8 Å².